The number of hydrogen-bond acceptors (Lipinski definition) is 6. The van der Waals surface area contributed by atoms with Crippen molar-refractivity contribution in [1.29, 1.82) is 0 Å². The van der Waals surface area contributed by atoms with Gasteiger partial charge in [-0.1, -0.05) is 6.07 Å². The van der Waals surface area contributed by atoms with Crippen LogP contribution in [0.2, 0.25) is 0 Å². The first-order chi connectivity index (χ1) is 14.5. The Balaban J connectivity index is 1.64. The Morgan fingerprint density at radius 1 is 1.17 bits per heavy atom. The van der Waals surface area contributed by atoms with E-state index in [1.165, 1.54) is 18.2 Å². The summed E-state index contributed by atoms with van der Waals surface area (Å²) >= 11 is 0. The van der Waals surface area contributed by atoms with E-state index in [9.17, 15) is 8.78 Å². The van der Waals surface area contributed by atoms with Crippen molar-refractivity contribution in [1.82, 2.24) is 9.97 Å². The first-order valence-electron chi connectivity index (χ1n) is 10.1. The van der Waals surface area contributed by atoms with Gasteiger partial charge in [0.2, 0.25) is 5.95 Å². The predicted octanol–water partition coefficient (Wildman–Crippen LogP) is 3.07. The van der Waals surface area contributed by atoms with Crippen molar-refractivity contribution in [3.05, 3.63) is 70.7 Å². The highest BCUT2D eigenvalue weighted by atomic mass is 19.1. The largest absolute Gasteiger partial charge is 0.401 e. The number of aromatic nitrogens is 2. The molecule has 1 aromatic heterocycles. The fourth-order valence-corrected chi connectivity index (χ4v) is 3.99. The minimum Gasteiger partial charge on any atom is -0.401 e. The summed E-state index contributed by atoms with van der Waals surface area (Å²) in [6.07, 6.45) is 5.75. The van der Waals surface area contributed by atoms with E-state index in [1.807, 2.05) is 6.07 Å². The average molecular weight is 413 g/mol. The molecule has 0 amide bonds. The van der Waals surface area contributed by atoms with Gasteiger partial charge in [0, 0.05) is 36.6 Å². The summed E-state index contributed by atoms with van der Waals surface area (Å²) in [5, 5.41) is 0. The molecule has 0 bridgehead atoms. The van der Waals surface area contributed by atoms with Gasteiger partial charge in [-0.25, -0.2) is 18.7 Å². The number of morpholine rings is 1. The Bertz CT molecular complexity index is 965. The maximum atomic E-state index is 14.1. The zero-order valence-electron chi connectivity index (χ0n) is 16.7. The number of halogens is 2. The fourth-order valence-electron chi connectivity index (χ4n) is 3.99. The van der Waals surface area contributed by atoms with Crippen LogP contribution < -0.4 is 16.4 Å². The van der Waals surface area contributed by atoms with Crippen molar-refractivity contribution in [3.8, 4) is 0 Å². The van der Waals surface area contributed by atoms with Crippen LogP contribution in [0.1, 0.15) is 36.4 Å². The Hall–Kier alpha value is -3.00. The van der Waals surface area contributed by atoms with Crippen LogP contribution in [0.3, 0.4) is 0 Å². The van der Waals surface area contributed by atoms with Crippen molar-refractivity contribution in [2.75, 3.05) is 31.2 Å². The summed E-state index contributed by atoms with van der Waals surface area (Å²) < 4.78 is 33.5. The third-order valence-electron chi connectivity index (χ3n) is 5.58. The number of anilines is 1. The van der Waals surface area contributed by atoms with Crippen molar-refractivity contribution >= 4 is 11.6 Å². The van der Waals surface area contributed by atoms with E-state index in [0.29, 0.717) is 31.3 Å². The molecule has 2 aliphatic rings. The minimum absolute atomic E-state index is 0.0286. The molecule has 2 aromatic rings. The monoisotopic (exact) mass is 413 g/mol. The second kappa shape index (κ2) is 8.79. The number of rotatable bonds is 4. The molecule has 1 aliphatic heterocycles. The Morgan fingerprint density at radius 2 is 1.90 bits per heavy atom. The fraction of sp³-hybridized carbons (Fsp3) is 0.364. The summed E-state index contributed by atoms with van der Waals surface area (Å²) in [5.74, 6) is -0.812. The van der Waals surface area contributed by atoms with Crippen LogP contribution in [0.4, 0.5) is 14.7 Å². The van der Waals surface area contributed by atoms with Crippen LogP contribution >= 0.6 is 0 Å². The Labute approximate surface area is 174 Å². The van der Waals surface area contributed by atoms with Gasteiger partial charge in [0.05, 0.1) is 24.5 Å². The molecule has 1 aliphatic carbocycles. The van der Waals surface area contributed by atoms with E-state index in [1.54, 1.807) is 12.3 Å². The molecule has 2 heterocycles. The first-order valence-corrected chi connectivity index (χ1v) is 10.1. The van der Waals surface area contributed by atoms with E-state index in [2.05, 4.69) is 9.88 Å². The summed E-state index contributed by atoms with van der Waals surface area (Å²) in [4.78, 5) is 11.2. The standard InChI is InChI=1S/C22H25F2N5O/c23-16-5-2-6-17(24)20(16)18(25)13-14-3-1-4-15(21(14)26)19-7-8-27-22(28-19)29-9-11-30-12-10-29/h2,5-8,13,15H,1,3-4,9-12,25-26H2/b18-13-. The molecule has 30 heavy (non-hydrogen) atoms. The highest BCUT2D eigenvalue weighted by molar-refractivity contribution is 5.67. The zero-order chi connectivity index (χ0) is 21.1. The minimum atomic E-state index is -0.693. The molecule has 1 fully saturated rings. The van der Waals surface area contributed by atoms with Gasteiger partial charge in [0.25, 0.3) is 0 Å². The van der Waals surface area contributed by atoms with Crippen molar-refractivity contribution < 1.29 is 13.5 Å². The average Bonchev–Trinajstić information content (AvgIpc) is 2.76. The van der Waals surface area contributed by atoms with Gasteiger partial charge in [0.1, 0.15) is 11.6 Å². The van der Waals surface area contributed by atoms with Crippen molar-refractivity contribution in [3.63, 3.8) is 0 Å². The highest BCUT2D eigenvalue weighted by Gasteiger charge is 2.25. The molecule has 1 saturated heterocycles. The number of ether oxygens (including phenoxy) is 1. The third-order valence-corrected chi connectivity index (χ3v) is 5.58. The lowest BCUT2D eigenvalue weighted by Crippen LogP contribution is -2.37. The van der Waals surface area contributed by atoms with Crippen molar-refractivity contribution in [2.45, 2.75) is 25.2 Å². The van der Waals surface area contributed by atoms with Gasteiger partial charge in [-0.3, -0.25) is 0 Å². The SMILES string of the molecule is NC1=C(/C=C(\N)c2c(F)cccc2F)CCCC1c1ccnc(N2CCOCC2)n1. The molecule has 6 nitrogen and oxygen atoms in total. The normalized spacial score (nSPS) is 20.5. The lowest BCUT2D eigenvalue weighted by atomic mass is 9.84. The lowest BCUT2D eigenvalue weighted by molar-refractivity contribution is 0.122. The van der Waals surface area contributed by atoms with Crippen molar-refractivity contribution in [2.24, 2.45) is 11.5 Å². The van der Waals surface area contributed by atoms with Gasteiger partial charge < -0.3 is 21.1 Å². The molecule has 158 valence electrons. The molecule has 4 N–H and O–H groups in total. The smallest absolute Gasteiger partial charge is 0.225 e. The lowest BCUT2D eigenvalue weighted by Gasteiger charge is -2.29. The topological polar surface area (TPSA) is 90.3 Å². The molecular weight excluding hydrogens is 388 g/mol. The van der Waals surface area contributed by atoms with Crippen LogP contribution in [-0.4, -0.2) is 36.3 Å². The van der Waals surface area contributed by atoms with E-state index in [-0.39, 0.29) is 17.2 Å². The number of nitrogens with two attached hydrogens (primary N) is 2. The Morgan fingerprint density at radius 3 is 2.63 bits per heavy atom. The molecular formula is C22H25F2N5O. The van der Waals surface area contributed by atoms with Crippen LogP contribution in [0.5, 0.6) is 0 Å². The van der Waals surface area contributed by atoms with Crippen LogP contribution in [-0.2, 0) is 4.74 Å². The van der Waals surface area contributed by atoms with Crippen LogP contribution in [0.15, 0.2) is 47.8 Å². The number of benzene rings is 1. The van der Waals surface area contributed by atoms with E-state index in [4.69, 9.17) is 21.2 Å². The van der Waals surface area contributed by atoms with E-state index in [0.717, 1.165) is 37.2 Å². The molecule has 4 rings (SSSR count). The molecule has 0 radical (unpaired) electrons. The number of nitrogens with zero attached hydrogens (tertiary/aromatic N) is 3. The summed E-state index contributed by atoms with van der Waals surface area (Å²) in [5.41, 5.74) is 14.6. The van der Waals surface area contributed by atoms with Gasteiger partial charge in [-0.2, -0.15) is 0 Å². The molecule has 1 aromatic carbocycles. The summed E-state index contributed by atoms with van der Waals surface area (Å²) in [6, 6.07) is 5.56. The molecule has 8 heteroatoms. The molecule has 0 spiro atoms. The maximum Gasteiger partial charge on any atom is 0.225 e. The second-order valence-electron chi connectivity index (χ2n) is 7.50. The number of hydrogen-bond donors (Lipinski definition) is 2. The van der Waals surface area contributed by atoms with Gasteiger partial charge in [-0.15, -0.1) is 0 Å². The molecule has 1 unspecified atom stereocenters. The summed E-state index contributed by atoms with van der Waals surface area (Å²) in [7, 11) is 0. The van der Waals surface area contributed by atoms with Gasteiger partial charge >= 0.3 is 0 Å². The van der Waals surface area contributed by atoms with Gasteiger partial charge in [-0.05, 0) is 49.1 Å². The third kappa shape index (κ3) is 4.14. The molecule has 0 saturated carbocycles. The van der Waals surface area contributed by atoms with Crippen LogP contribution in [0.25, 0.3) is 5.70 Å². The maximum absolute atomic E-state index is 14.1. The predicted molar refractivity (Wildman–Crippen MR) is 111 cm³/mol. The number of allylic oxidation sites excluding steroid dienone is 3. The van der Waals surface area contributed by atoms with Crippen LogP contribution in [0, 0.1) is 11.6 Å². The van der Waals surface area contributed by atoms with E-state index >= 15 is 0 Å². The first kappa shape index (κ1) is 20.3. The zero-order valence-corrected chi connectivity index (χ0v) is 16.7. The Kier molecular flexibility index (Phi) is 5.94. The highest BCUT2D eigenvalue weighted by Crippen LogP contribution is 2.36. The van der Waals surface area contributed by atoms with E-state index < -0.39 is 11.6 Å². The van der Waals surface area contributed by atoms with Gasteiger partial charge in [0.15, 0.2) is 0 Å². The summed E-state index contributed by atoms with van der Waals surface area (Å²) in [6.45, 7) is 2.80. The molecule has 1 atom stereocenters. The quantitative estimate of drug-likeness (QED) is 0.801. The second-order valence-corrected chi connectivity index (χ2v) is 7.50.